The van der Waals surface area contributed by atoms with Crippen LogP contribution in [0.3, 0.4) is 0 Å². The molecule has 0 bridgehead atoms. The van der Waals surface area contributed by atoms with Gasteiger partial charge >= 0.3 is 0 Å². The normalized spacial score (nSPS) is 24.9. The van der Waals surface area contributed by atoms with Gasteiger partial charge in [0.1, 0.15) is 5.25 Å². The third-order valence-electron chi connectivity index (χ3n) is 4.41. The average molecular weight is 310 g/mol. The van der Waals surface area contributed by atoms with Gasteiger partial charge in [0.2, 0.25) is 5.91 Å². The van der Waals surface area contributed by atoms with E-state index in [2.05, 4.69) is 29.0 Å². The van der Waals surface area contributed by atoms with Gasteiger partial charge in [-0.15, -0.1) is 23.1 Å². The van der Waals surface area contributed by atoms with E-state index >= 15 is 0 Å². The van der Waals surface area contributed by atoms with Gasteiger partial charge in [0, 0.05) is 11.4 Å². The van der Waals surface area contributed by atoms with E-state index in [0.29, 0.717) is 0 Å². The summed E-state index contributed by atoms with van der Waals surface area (Å²) in [4.78, 5) is 13.9. The molecule has 1 atom stereocenters. The Morgan fingerprint density at radius 1 is 1.50 bits per heavy atom. The lowest BCUT2D eigenvalue weighted by Gasteiger charge is -2.34. The first-order valence-corrected chi connectivity index (χ1v) is 9.27. The Morgan fingerprint density at radius 2 is 2.30 bits per heavy atom. The molecule has 2 aliphatic heterocycles. The maximum atomic E-state index is 12.5. The van der Waals surface area contributed by atoms with Crippen LogP contribution in [0.15, 0.2) is 11.4 Å². The van der Waals surface area contributed by atoms with Crippen LogP contribution in [0.5, 0.6) is 0 Å². The molecule has 110 valence electrons. The number of carbonyl (C=O) groups excluding carboxylic acids is 1. The van der Waals surface area contributed by atoms with Crippen LogP contribution >= 0.6 is 23.1 Å². The summed E-state index contributed by atoms with van der Waals surface area (Å²) in [7, 11) is 0. The van der Waals surface area contributed by atoms with Crippen molar-refractivity contribution in [3.8, 4) is 0 Å². The first-order chi connectivity index (χ1) is 9.68. The second-order valence-corrected chi connectivity index (χ2v) is 8.29. The van der Waals surface area contributed by atoms with Crippen molar-refractivity contribution in [3.05, 3.63) is 21.9 Å². The zero-order valence-electron chi connectivity index (χ0n) is 11.9. The summed E-state index contributed by atoms with van der Waals surface area (Å²) < 4.78 is 0. The lowest BCUT2D eigenvalue weighted by Crippen LogP contribution is -2.43. The average Bonchev–Trinajstić information content (AvgIpc) is 2.94. The molecule has 5 heteroatoms. The number of piperidine rings is 1. The van der Waals surface area contributed by atoms with Crippen molar-refractivity contribution in [2.45, 2.75) is 31.4 Å². The number of carbonyl (C=O) groups is 1. The minimum Gasteiger partial charge on any atom is -0.354 e. The van der Waals surface area contributed by atoms with Gasteiger partial charge in [0.15, 0.2) is 0 Å². The maximum Gasteiger partial charge on any atom is 0.237 e. The summed E-state index contributed by atoms with van der Waals surface area (Å²) >= 11 is 3.58. The van der Waals surface area contributed by atoms with Crippen LogP contribution in [0, 0.1) is 5.41 Å². The van der Waals surface area contributed by atoms with Crippen molar-refractivity contribution in [3.63, 3.8) is 0 Å². The predicted molar refractivity (Wildman–Crippen MR) is 86.4 cm³/mol. The standard InChI is InChI=1S/C15H22N2OS2/c1-15(4-6-16-7-5-15)10-17-14(18)13-11-2-8-19-12(11)3-9-20-13/h2,8,13,16H,3-7,9-10H2,1H3,(H,17,18). The summed E-state index contributed by atoms with van der Waals surface area (Å²) in [5.41, 5.74) is 1.51. The van der Waals surface area contributed by atoms with Crippen molar-refractivity contribution >= 4 is 29.0 Å². The van der Waals surface area contributed by atoms with Crippen LogP contribution in [0.1, 0.15) is 35.5 Å². The molecule has 3 rings (SSSR count). The van der Waals surface area contributed by atoms with E-state index in [1.165, 1.54) is 10.4 Å². The lowest BCUT2D eigenvalue weighted by atomic mass is 9.81. The molecule has 1 unspecified atom stereocenters. The highest BCUT2D eigenvalue weighted by atomic mass is 32.2. The summed E-state index contributed by atoms with van der Waals surface area (Å²) in [6, 6.07) is 2.13. The second-order valence-electron chi connectivity index (χ2n) is 6.08. The number of thiophene rings is 1. The number of fused-ring (bicyclic) bond motifs is 1. The molecule has 0 aliphatic carbocycles. The van der Waals surface area contributed by atoms with E-state index in [-0.39, 0.29) is 16.6 Å². The Bertz CT molecular complexity index is 480. The number of hydrogen-bond donors (Lipinski definition) is 2. The summed E-state index contributed by atoms with van der Waals surface area (Å²) in [6.07, 6.45) is 3.41. The van der Waals surface area contributed by atoms with E-state index in [9.17, 15) is 4.79 Å². The minimum absolute atomic E-state index is 0.00955. The molecule has 1 fully saturated rings. The van der Waals surface area contributed by atoms with Crippen LogP contribution in [-0.4, -0.2) is 31.3 Å². The number of amides is 1. The van der Waals surface area contributed by atoms with Crippen LogP contribution in [0.4, 0.5) is 0 Å². The molecule has 0 aromatic carbocycles. The Balaban J connectivity index is 1.60. The number of thioether (sulfide) groups is 1. The van der Waals surface area contributed by atoms with Crippen LogP contribution < -0.4 is 10.6 Å². The Hall–Kier alpha value is -0.520. The van der Waals surface area contributed by atoms with Crippen molar-refractivity contribution in [1.29, 1.82) is 0 Å². The largest absolute Gasteiger partial charge is 0.354 e. The van der Waals surface area contributed by atoms with E-state index in [1.807, 2.05) is 0 Å². The van der Waals surface area contributed by atoms with Crippen LogP contribution in [0.25, 0.3) is 0 Å². The molecule has 1 aromatic rings. The molecule has 1 aromatic heterocycles. The van der Waals surface area contributed by atoms with Crippen LogP contribution in [0.2, 0.25) is 0 Å². The third-order valence-corrected chi connectivity index (χ3v) is 6.65. The molecular weight excluding hydrogens is 288 g/mol. The van der Waals surface area contributed by atoms with E-state index in [0.717, 1.165) is 44.6 Å². The first kappa shape index (κ1) is 14.4. The summed E-state index contributed by atoms with van der Waals surface area (Å²) in [5, 5.41) is 8.72. The topological polar surface area (TPSA) is 41.1 Å². The van der Waals surface area contributed by atoms with Crippen LogP contribution in [-0.2, 0) is 11.2 Å². The lowest BCUT2D eigenvalue weighted by molar-refractivity contribution is -0.121. The number of hydrogen-bond acceptors (Lipinski definition) is 4. The van der Waals surface area contributed by atoms with Gasteiger partial charge in [-0.25, -0.2) is 0 Å². The number of rotatable bonds is 3. The number of nitrogens with one attached hydrogen (secondary N) is 2. The van der Waals surface area contributed by atoms with Crippen molar-refractivity contribution in [2.75, 3.05) is 25.4 Å². The highest BCUT2D eigenvalue weighted by Gasteiger charge is 2.31. The van der Waals surface area contributed by atoms with Gasteiger partial charge in [0.25, 0.3) is 0 Å². The molecule has 0 saturated carbocycles. The minimum atomic E-state index is 0.00955. The molecule has 0 radical (unpaired) electrons. The SMILES string of the molecule is CC1(CNC(=O)C2SCCc3sccc32)CCNCC1. The third kappa shape index (κ3) is 3.05. The van der Waals surface area contributed by atoms with Crippen molar-refractivity contribution in [2.24, 2.45) is 5.41 Å². The molecule has 1 amide bonds. The smallest absolute Gasteiger partial charge is 0.237 e. The van der Waals surface area contributed by atoms with Gasteiger partial charge in [0.05, 0.1) is 0 Å². The molecule has 2 aliphatic rings. The summed E-state index contributed by atoms with van der Waals surface area (Å²) in [6.45, 7) is 5.24. The highest BCUT2D eigenvalue weighted by Crippen LogP contribution is 2.39. The van der Waals surface area contributed by atoms with E-state index in [4.69, 9.17) is 0 Å². The first-order valence-electron chi connectivity index (χ1n) is 7.34. The fraction of sp³-hybridized carbons (Fsp3) is 0.667. The summed E-state index contributed by atoms with van der Waals surface area (Å²) in [5.74, 6) is 1.27. The highest BCUT2D eigenvalue weighted by molar-refractivity contribution is 8.00. The quantitative estimate of drug-likeness (QED) is 0.901. The fourth-order valence-corrected chi connectivity index (χ4v) is 5.28. The molecule has 0 spiro atoms. The van der Waals surface area contributed by atoms with Gasteiger partial charge < -0.3 is 10.6 Å². The zero-order chi connectivity index (χ0) is 14.0. The predicted octanol–water partition coefficient (Wildman–Crippen LogP) is 2.58. The van der Waals surface area contributed by atoms with Gasteiger partial charge in [-0.3, -0.25) is 4.79 Å². The van der Waals surface area contributed by atoms with Crippen molar-refractivity contribution in [1.82, 2.24) is 10.6 Å². The monoisotopic (exact) mass is 310 g/mol. The molecule has 3 nitrogen and oxygen atoms in total. The van der Waals surface area contributed by atoms with Crippen molar-refractivity contribution < 1.29 is 4.79 Å². The molecule has 3 heterocycles. The van der Waals surface area contributed by atoms with Gasteiger partial charge in [-0.2, -0.15) is 0 Å². The maximum absolute atomic E-state index is 12.5. The molecule has 20 heavy (non-hydrogen) atoms. The molecule has 1 saturated heterocycles. The Kier molecular flexibility index (Phi) is 4.38. The molecular formula is C15H22N2OS2. The second kappa shape index (κ2) is 6.08. The van der Waals surface area contributed by atoms with E-state index < -0.39 is 0 Å². The zero-order valence-corrected chi connectivity index (χ0v) is 13.5. The number of aryl methyl sites for hydroxylation is 1. The Morgan fingerprint density at radius 3 is 3.10 bits per heavy atom. The van der Waals surface area contributed by atoms with Gasteiger partial charge in [-0.05, 0) is 60.5 Å². The van der Waals surface area contributed by atoms with Gasteiger partial charge in [-0.1, -0.05) is 6.92 Å². The fourth-order valence-electron chi connectivity index (χ4n) is 2.96. The Labute approximate surface area is 128 Å². The molecule has 2 N–H and O–H groups in total. The van der Waals surface area contributed by atoms with E-state index in [1.54, 1.807) is 23.1 Å².